The summed E-state index contributed by atoms with van der Waals surface area (Å²) in [5, 5.41) is 6.90. The van der Waals surface area contributed by atoms with Crippen LogP contribution in [-0.4, -0.2) is 31.4 Å². The number of fused-ring (bicyclic) bond motifs is 1. The van der Waals surface area contributed by atoms with Crippen molar-refractivity contribution in [2.45, 2.75) is 39.8 Å². The summed E-state index contributed by atoms with van der Waals surface area (Å²) in [6.45, 7) is 8.37. The molecule has 0 aliphatic carbocycles. The highest BCUT2D eigenvalue weighted by molar-refractivity contribution is 5.99. The van der Waals surface area contributed by atoms with E-state index >= 15 is 0 Å². The van der Waals surface area contributed by atoms with E-state index in [0.29, 0.717) is 5.92 Å². The van der Waals surface area contributed by atoms with Gasteiger partial charge >= 0.3 is 0 Å². The number of amidine groups is 1. The van der Waals surface area contributed by atoms with Crippen LogP contribution in [0.3, 0.4) is 0 Å². The molecule has 27 heavy (non-hydrogen) atoms. The highest BCUT2D eigenvalue weighted by atomic mass is 15.2. The molecule has 0 fully saturated rings. The summed E-state index contributed by atoms with van der Waals surface area (Å²) in [7, 11) is 4.15. The Bertz CT molecular complexity index is 812. The van der Waals surface area contributed by atoms with Crippen LogP contribution < -0.4 is 10.6 Å². The maximum Gasteiger partial charge on any atom is 0.116 e. The fourth-order valence-electron chi connectivity index (χ4n) is 3.85. The number of para-hydroxylation sites is 2. The van der Waals surface area contributed by atoms with Crippen LogP contribution in [0.2, 0.25) is 0 Å². The van der Waals surface area contributed by atoms with Crippen LogP contribution in [0.4, 0.5) is 11.4 Å². The van der Waals surface area contributed by atoms with Gasteiger partial charge in [0, 0.05) is 30.5 Å². The van der Waals surface area contributed by atoms with Gasteiger partial charge in [0.1, 0.15) is 5.84 Å². The number of rotatable bonds is 7. The molecule has 0 radical (unpaired) electrons. The molecule has 0 saturated heterocycles. The van der Waals surface area contributed by atoms with Gasteiger partial charge in [-0.3, -0.25) is 9.89 Å². The van der Waals surface area contributed by atoms with Crippen LogP contribution in [0.15, 0.2) is 47.5 Å². The molecule has 2 N–H and O–H groups in total. The van der Waals surface area contributed by atoms with Gasteiger partial charge < -0.3 is 10.6 Å². The Morgan fingerprint density at radius 3 is 2.67 bits per heavy atom. The smallest absolute Gasteiger partial charge is 0.116 e. The van der Waals surface area contributed by atoms with Crippen molar-refractivity contribution in [2.24, 2.45) is 10.9 Å². The number of hydrogen-bond acceptors (Lipinski definition) is 4. The number of nitrogens with one attached hydrogen (secondary N) is 2. The summed E-state index contributed by atoms with van der Waals surface area (Å²) in [5.41, 5.74) is 6.34. The van der Waals surface area contributed by atoms with Crippen molar-refractivity contribution >= 4 is 17.2 Å². The molecular formula is C23H32N4. The van der Waals surface area contributed by atoms with Crippen molar-refractivity contribution < 1.29 is 0 Å². The lowest BCUT2D eigenvalue weighted by Crippen LogP contribution is -2.33. The third-order valence-electron chi connectivity index (χ3n) is 5.51. The van der Waals surface area contributed by atoms with Crippen LogP contribution in [0.1, 0.15) is 43.0 Å². The van der Waals surface area contributed by atoms with Gasteiger partial charge in [-0.25, -0.2) is 0 Å². The normalized spacial score (nSPS) is 17.1. The lowest BCUT2D eigenvalue weighted by Gasteiger charge is -2.30. The molecule has 2 aromatic rings. The minimum atomic E-state index is 0.239. The van der Waals surface area contributed by atoms with E-state index < -0.39 is 0 Å². The molecule has 0 saturated carbocycles. The van der Waals surface area contributed by atoms with Crippen LogP contribution >= 0.6 is 0 Å². The minimum Gasteiger partial charge on any atom is -0.388 e. The number of anilines is 2. The molecule has 2 atom stereocenters. The van der Waals surface area contributed by atoms with Crippen molar-refractivity contribution in [3.05, 3.63) is 59.2 Å². The molecule has 2 unspecified atom stereocenters. The first-order valence-electron chi connectivity index (χ1n) is 9.90. The summed E-state index contributed by atoms with van der Waals surface area (Å²) in [6.07, 6.45) is 1.13. The largest absolute Gasteiger partial charge is 0.388 e. The second-order valence-corrected chi connectivity index (χ2v) is 7.65. The van der Waals surface area contributed by atoms with Gasteiger partial charge in [-0.15, -0.1) is 0 Å². The molecule has 2 aromatic carbocycles. The van der Waals surface area contributed by atoms with E-state index in [9.17, 15) is 0 Å². The molecule has 0 bridgehead atoms. The van der Waals surface area contributed by atoms with Gasteiger partial charge in [0.05, 0.1) is 12.6 Å². The lowest BCUT2D eigenvalue weighted by atomic mass is 9.90. The lowest BCUT2D eigenvalue weighted by molar-refractivity contribution is 0.371. The van der Waals surface area contributed by atoms with E-state index in [0.717, 1.165) is 25.3 Å². The average molecular weight is 365 g/mol. The standard InChI is InChI=1S/C23H32N4/c1-6-16(2)23-19-12-7-8-13-20(19)25-21(26-23)15-27(5)14-18-11-9-10-17(3)22(18)24-4/h7-13,16,23-24H,6,14-15H2,1-5H3,(H,25,26). The number of likely N-dealkylation sites (N-methyl/N-ethyl adjacent to an activating group) is 1. The summed E-state index contributed by atoms with van der Waals surface area (Å²) >= 11 is 0. The molecule has 1 aliphatic heterocycles. The highest BCUT2D eigenvalue weighted by Gasteiger charge is 2.25. The second-order valence-electron chi connectivity index (χ2n) is 7.65. The average Bonchev–Trinajstić information content (AvgIpc) is 2.67. The first-order chi connectivity index (χ1) is 13.0. The maximum atomic E-state index is 5.08. The Labute approximate surface area is 163 Å². The van der Waals surface area contributed by atoms with Crippen molar-refractivity contribution in [3.8, 4) is 0 Å². The van der Waals surface area contributed by atoms with Crippen molar-refractivity contribution in [1.82, 2.24) is 4.90 Å². The van der Waals surface area contributed by atoms with Gasteiger partial charge in [0.25, 0.3) is 0 Å². The van der Waals surface area contributed by atoms with Gasteiger partial charge in [0.2, 0.25) is 0 Å². The number of hydrogen-bond donors (Lipinski definition) is 2. The van der Waals surface area contributed by atoms with E-state index in [4.69, 9.17) is 4.99 Å². The second kappa shape index (κ2) is 8.57. The van der Waals surface area contributed by atoms with Gasteiger partial charge in [0.15, 0.2) is 0 Å². The predicted octanol–water partition coefficient (Wildman–Crippen LogP) is 5.08. The molecule has 144 valence electrons. The zero-order valence-corrected chi connectivity index (χ0v) is 17.2. The SMILES string of the molecule is CCC(C)C1N=C(CN(C)Cc2cccc(C)c2NC)Nc2ccccc21. The van der Waals surface area contributed by atoms with E-state index in [1.807, 2.05) is 7.05 Å². The predicted molar refractivity (Wildman–Crippen MR) is 117 cm³/mol. The monoisotopic (exact) mass is 364 g/mol. The van der Waals surface area contributed by atoms with E-state index in [-0.39, 0.29) is 6.04 Å². The van der Waals surface area contributed by atoms with Crippen LogP contribution in [0.25, 0.3) is 0 Å². The first kappa shape index (κ1) is 19.4. The number of aryl methyl sites for hydroxylation is 1. The van der Waals surface area contributed by atoms with Gasteiger partial charge in [-0.2, -0.15) is 0 Å². The summed E-state index contributed by atoms with van der Waals surface area (Å²) in [5.74, 6) is 1.58. The fraction of sp³-hybridized carbons (Fsp3) is 0.435. The zero-order valence-electron chi connectivity index (χ0n) is 17.2. The summed E-state index contributed by atoms with van der Waals surface area (Å²) in [4.78, 5) is 7.41. The molecule has 0 aromatic heterocycles. The number of aliphatic imine (C=N–C) groups is 1. The molecule has 1 heterocycles. The Hall–Kier alpha value is -2.33. The molecule has 0 amide bonds. The molecule has 0 spiro atoms. The van der Waals surface area contributed by atoms with Gasteiger partial charge in [-0.05, 0) is 37.1 Å². The van der Waals surface area contributed by atoms with Crippen molar-refractivity contribution in [2.75, 3.05) is 31.3 Å². The highest BCUT2D eigenvalue weighted by Crippen LogP contribution is 2.36. The molecule has 4 nitrogen and oxygen atoms in total. The first-order valence-corrected chi connectivity index (χ1v) is 9.90. The zero-order chi connectivity index (χ0) is 19.4. The number of benzene rings is 2. The molecule has 3 rings (SSSR count). The van der Waals surface area contributed by atoms with Crippen LogP contribution in [0.5, 0.6) is 0 Å². The van der Waals surface area contributed by atoms with E-state index in [1.54, 1.807) is 0 Å². The summed E-state index contributed by atoms with van der Waals surface area (Å²) in [6, 6.07) is 15.3. The minimum absolute atomic E-state index is 0.239. The van der Waals surface area contributed by atoms with E-state index in [2.05, 4.69) is 85.8 Å². The number of nitrogens with zero attached hydrogens (tertiary/aromatic N) is 2. The van der Waals surface area contributed by atoms with E-state index in [1.165, 1.54) is 28.1 Å². The third-order valence-corrected chi connectivity index (χ3v) is 5.51. The molecular weight excluding hydrogens is 332 g/mol. The molecule has 4 heteroatoms. The van der Waals surface area contributed by atoms with Crippen LogP contribution in [0, 0.1) is 12.8 Å². The Balaban J connectivity index is 1.77. The van der Waals surface area contributed by atoms with Crippen LogP contribution in [-0.2, 0) is 6.54 Å². The Kier molecular flexibility index (Phi) is 6.17. The summed E-state index contributed by atoms with van der Waals surface area (Å²) < 4.78 is 0. The van der Waals surface area contributed by atoms with Gasteiger partial charge in [-0.1, -0.05) is 56.7 Å². The fourth-order valence-corrected chi connectivity index (χ4v) is 3.85. The quantitative estimate of drug-likeness (QED) is 0.720. The third kappa shape index (κ3) is 4.33. The van der Waals surface area contributed by atoms with Crippen molar-refractivity contribution in [3.63, 3.8) is 0 Å². The van der Waals surface area contributed by atoms with Crippen molar-refractivity contribution in [1.29, 1.82) is 0 Å². The Morgan fingerprint density at radius 2 is 1.93 bits per heavy atom. The molecule has 1 aliphatic rings. The topological polar surface area (TPSA) is 39.7 Å². The Morgan fingerprint density at radius 1 is 1.15 bits per heavy atom. The maximum absolute atomic E-state index is 5.08.